The number of allylic oxidation sites excluding steroid dienone is 2. The molecule has 0 amide bonds. The predicted molar refractivity (Wildman–Crippen MR) is 97.7 cm³/mol. The summed E-state index contributed by atoms with van der Waals surface area (Å²) in [6.45, 7) is 5.03. The first kappa shape index (κ1) is 19.7. The number of hydrogen-bond acceptors (Lipinski definition) is 5. The van der Waals surface area contributed by atoms with Crippen LogP contribution in [0.5, 0.6) is 0 Å². The average molecular weight is 375 g/mol. The van der Waals surface area contributed by atoms with Crippen LogP contribution in [0.25, 0.3) is 0 Å². The smallest absolute Gasteiger partial charge is 0.355 e. The van der Waals surface area contributed by atoms with Gasteiger partial charge in [0.1, 0.15) is 5.69 Å². The van der Waals surface area contributed by atoms with Gasteiger partial charge < -0.3 is 4.74 Å². The predicted octanol–water partition coefficient (Wildman–Crippen LogP) is 2.90. The highest BCUT2D eigenvalue weighted by Crippen LogP contribution is 2.22. The minimum absolute atomic E-state index is 0.0632. The first-order valence-electron chi connectivity index (χ1n) is 7.98. The quantitative estimate of drug-likeness (QED) is 0.573. The Morgan fingerprint density at radius 1 is 1.19 bits per heavy atom. The Kier molecular flexibility index (Phi) is 5.82. The van der Waals surface area contributed by atoms with Crippen LogP contribution in [0.15, 0.2) is 53.1 Å². The average Bonchev–Trinajstić information content (AvgIpc) is 3.04. The second kappa shape index (κ2) is 7.70. The number of carbonyl (C=O) groups is 2. The van der Waals surface area contributed by atoms with Gasteiger partial charge in [0.15, 0.2) is 5.78 Å². The fourth-order valence-corrected chi connectivity index (χ4v) is 3.89. The number of aryl methyl sites for hydroxylation is 1. The van der Waals surface area contributed by atoms with Gasteiger partial charge in [-0.1, -0.05) is 23.8 Å². The van der Waals surface area contributed by atoms with Gasteiger partial charge in [0, 0.05) is 12.6 Å². The highest BCUT2D eigenvalue weighted by Gasteiger charge is 2.25. The molecule has 26 heavy (non-hydrogen) atoms. The summed E-state index contributed by atoms with van der Waals surface area (Å²) in [5.74, 6) is -0.877. The van der Waals surface area contributed by atoms with Crippen molar-refractivity contribution in [2.75, 3.05) is 7.11 Å². The fourth-order valence-electron chi connectivity index (χ4n) is 2.52. The molecule has 0 radical (unpaired) electrons. The largest absolute Gasteiger partial charge is 0.464 e. The van der Waals surface area contributed by atoms with Crippen molar-refractivity contribution in [1.82, 2.24) is 3.97 Å². The number of carbonyl (C=O) groups excluding carboxylic acids is 2. The lowest BCUT2D eigenvalue weighted by molar-refractivity contribution is -0.113. The number of esters is 1. The zero-order valence-corrected chi connectivity index (χ0v) is 16.0. The molecule has 0 atom stereocenters. The van der Waals surface area contributed by atoms with E-state index in [2.05, 4.69) is 0 Å². The van der Waals surface area contributed by atoms with Gasteiger partial charge in [0.25, 0.3) is 10.0 Å². The lowest BCUT2D eigenvalue weighted by Gasteiger charge is -2.09. The summed E-state index contributed by atoms with van der Waals surface area (Å²) in [5, 5.41) is 0. The number of ether oxygens (including phenoxy) is 1. The maximum atomic E-state index is 13.0. The van der Waals surface area contributed by atoms with Crippen molar-refractivity contribution in [2.45, 2.75) is 32.1 Å². The Balaban J connectivity index is 2.57. The molecule has 1 aromatic heterocycles. The van der Waals surface area contributed by atoms with Crippen molar-refractivity contribution >= 4 is 21.8 Å². The zero-order valence-electron chi connectivity index (χ0n) is 15.1. The van der Waals surface area contributed by atoms with Gasteiger partial charge in [-0.25, -0.2) is 17.2 Å². The fraction of sp³-hybridized carbons (Fsp3) is 0.263. The van der Waals surface area contributed by atoms with E-state index < -0.39 is 16.0 Å². The van der Waals surface area contributed by atoms with E-state index >= 15 is 0 Å². The van der Waals surface area contributed by atoms with Crippen LogP contribution in [0.2, 0.25) is 0 Å². The number of methoxy groups -OCH3 is 1. The van der Waals surface area contributed by atoms with Crippen molar-refractivity contribution < 1.29 is 22.7 Å². The van der Waals surface area contributed by atoms with Gasteiger partial charge in [-0.05, 0) is 50.1 Å². The van der Waals surface area contributed by atoms with E-state index in [0.29, 0.717) is 11.1 Å². The second-order valence-electron chi connectivity index (χ2n) is 5.89. The van der Waals surface area contributed by atoms with Crippen molar-refractivity contribution in [3.8, 4) is 0 Å². The monoisotopic (exact) mass is 375 g/mol. The number of ketones is 1. The van der Waals surface area contributed by atoms with Crippen LogP contribution in [0, 0.1) is 6.92 Å². The van der Waals surface area contributed by atoms with E-state index in [1.54, 1.807) is 25.1 Å². The van der Waals surface area contributed by atoms with Crippen molar-refractivity contribution in [3.63, 3.8) is 0 Å². The Labute approximate surface area is 153 Å². The maximum absolute atomic E-state index is 13.0. The highest BCUT2D eigenvalue weighted by molar-refractivity contribution is 7.90. The standard InChI is InChI=1S/C19H21NO5S/c1-5-16(14(3)21)10-15-11-18(19(22)25-4)20(12-15)26(23,24)17-8-6-13(2)7-9-17/h5-9,11-12H,10H2,1-4H3/b16-5+. The molecule has 138 valence electrons. The van der Waals surface area contributed by atoms with Gasteiger partial charge in [-0.15, -0.1) is 0 Å². The molecule has 0 unspecified atom stereocenters. The zero-order chi connectivity index (χ0) is 19.5. The molecule has 0 saturated carbocycles. The summed E-state index contributed by atoms with van der Waals surface area (Å²) in [6, 6.07) is 7.77. The lowest BCUT2D eigenvalue weighted by atomic mass is 10.0. The Hall–Kier alpha value is -2.67. The van der Waals surface area contributed by atoms with Crippen LogP contribution in [-0.4, -0.2) is 31.3 Å². The van der Waals surface area contributed by atoms with E-state index in [-0.39, 0.29) is 22.8 Å². The normalized spacial score (nSPS) is 12.1. The van der Waals surface area contributed by atoms with Gasteiger partial charge in [-0.3, -0.25) is 4.79 Å². The number of Topliss-reactive ketones (excluding diaryl/α,β-unsaturated/α-hetero) is 1. The minimum atomic E-state index is -3.97. The van der Waals surface area contributed by atoms with Crippen LogP contribution >= 0.6 is 0 Å². The molecule has 0 spiro atoms. The van der Waals surface area contributed by atoms with Crippen molar-refractivity contribution in [3.05, 3.63) is 65.0 Å². The maximum Gasteiger partial charge on any atom is 0.355 e. The third-order valence-electron chi connectivity index (χ3n) is 4.01. The van der Waals surface area contributed by atoms with Gasteiger partial charge >= 0.3 is 5.97 Å². The summed E-state index contributed by atoms with van der Waals surface area (Å²) < 4.78 is 31.5. The first-order valence-corrected chi connectivity index (χ1v) is 9.42. The van der Waals surface area contributed by atoms with E-state index in [0.717, 1.165) is 9.54 Å². The van der Waals surface area contributed by atoms with Gasteiger partial charge in [0.05, 0.1) is 12.0 Å². The first-order chi connectivity index (χ1) is 12.2. The molecule has 0 aliphatic heterocycles. The molecule has 0 saturated heterocycles. The van der Waals surface area contributed by atoms with Crippen molar-refractivity contribution in [2.24, 2.45) is 0 Å². The topological polar surface area (TPSA) is 82.4 Å². The minimum Gasteiger partial charge on any atom is -0.464 e. The van der Waals surface area contributed by atoms with Crippen molar-refractivity contribution in [1.29, 1.82) is 0 Å². The molecule has 6 nitrogen and oxygen atoms in total. The Morgan fingerprint density at radius 2 is 1.81 bits per heavy atom. The third kappa shape index (κ3) is 3.94. The summed E-state index contributed by atoms with van der Waals surface area (Å²) in [7, 11) is -2.79. The van der Waals surface area contributed by atoms with Crippen LogP contribution in [0.1, 0.15) is 35.5 Å². The number of aromatic nitrogens is 1. The Bertz CT molecular complexity index is 966. The second-order valence-corrected chi connectivity index (χ2v) is 7.70. The Morgan fingerprint density at radius 3 is 2.31 bits per heavy atom. The molecule has 7 heteroatoms. The van der Waals surface area contributed by atoms with E-state index in [1.165, 1.54) is 38.4 Å². The van der Waals surface area contributed by atoms with Crippen LogP contribution in [0.3, 0.4) is 0 Å². The number of nitrogens with zero attached hydrogens (tertiary/aromatic N) is 1. The number of hydrogen-bond donors (Lipinski definition) is 0. The lowest BCUT2D eigenvalue weighted by Crippen LogP contribution is -2.18. The molecule has 2 aromatic rings. The molecule has 2 rings (SSSR count). The van der Waals surface area contributed by atoms with Crippen LogP contribution < -0.4 is 0 Å². The number of benzene rings is 1. The molecule has 0 N–H and O–H groups in total. The molecular formula is C19H21NO5S. The summed E-state index contributed by atoms with van der Waals surface area (Å²) in [6.07, 6.45) is 3.26. The molecule has 1 aromatic carbocycles. The highest BCUT2D eigenvalue weighted by atomic mass is 32.2. The SMILES string of the molecule is C/C=C(\Cc1cc(C(=O)OC)n(S(=O)(=O)c2ccc(C)cc2)c1)C(C)=O. The summed E-state index contributed by atoms with van der Waals surface area (Å²) >= 11 is 0. The molecular weight excluding hydrogens is 354 g/mol. The van der Waals surface area contributed by atoms with E-state index in [1.807, 2.05) is 6.92 Å². The van der Waals surface area contributed by atoms with E-state index in [4.69, 9.17) is 4.74 Å². The molecule has 0 fully saturated rings. The van der Waals surface area contributed by atoms with Crippen LogP contribution in [-0.2, 0) is 26.0 Å². The third-order valence-corrected chi connectivity index (χ3v) is 5.70. The van der Waals surface area contributed by atoms with Gasteiger partial charge in [0.2, 0.25) is 0 Å². The molecule has 0 aliphatic rings. The molecule has 0 bridgehead atoms. The van der Waals surface area contributed by atoms with Crippen LogP contribution in [0.4, 0.5) is 0 Å². The van der Waals surface area contributed by atoms with Gasteiger partial charge in [-0.2, -0.15) is 0 Å². The van der Waals surface area contributed by atoms with E-state index in [9.17, 15) is 18.0 Å². The number of rotatable bonds is 6. The molecule has 1 heterocycles. The summed E-state index contributed by atoms with van der Waals surface area (Å²) in [5.41, 5.74) is 1.88. The molecule has 0 aliphatic carbocycles. The summed E-state index contributed by atoms with van der Waals surface area (Å²) in [4.78, 5) is 23.8.